The van der Waals surface area contributed by atoms with Gasteiger partial charge in [-0.05, 0) is 43.5 Å². The van der Waals surface area contributed by atoms with Gasteiger partial charge < -0.3 is 5.32 Å². The summed E-state index contributed by atoms with van der Waals surface area (Å²) < 4.78 is 28.9. The Bertz CT molecular complexity index is 1170. The van der Waals surface area contributed by atoms with Gasteiger partial charge in [0.2, 0.25) is 15.9 Å². The summed E-state index contributed by atoms with van der Waals surface area (Å²) in [6, 6.07) is 12.9. The fourth-order valence-corrected chi connectivity index (χ4v) is 5.27. The largest absolute Gasteiger partial charge is 0.352 e. The Morgan fingerprint density at radius 1 is 1.06 bits per heavy atom. The van der Waals surface area contributed by atoms with Crippen LogP contribution in [0.3, 0.4) is 0 Å². The van der Waals surface area contributed by atoms with E-state index in [1.54, 1.807) is 27.2 Å². The van der Waals surface area contributed by atoms with E-state index >= 15 is 0 Å². The first-order chi connectivity index (χ1) is 14.9. The lowest BCUT2D eigenvalue weighted by Gasteiger charge is -2.25. The number of nitrogens with zero attached hydrogens (tertiary/aromatic N) is 4. The molecular formula is C22H27N5O3S. The summed E-state index contributed by atoms with van der Waals surface area (Å²) in [4.78, 5) is 12.5. The lowest BCUT2D eigenvalue weighted by Crippen LogP contribution is -2.35. The molecule has 0 bridgehead atoms. The van der Waals surface area contributed by atoms with Crippen molar-refractivity contribution in [3.05, 3.63) is 53.6 Å². The molecule has 0 spiro atoms. The van der Waals surface area contributed by atoms with E-state index in [0.717, 1.165) is 24.8 Å². The van der Waals surface area contributed by atoms with E-state index in [-0.39, 0.29) is 17.2 Å². The first-order valence-electron chi connectivity index (χ1n) is 10.6. The molecule has 2 heterocycles. The Morgan fingerprint density at radius 3 is 2.55 bits per heavy atom. The molecule has 0 aliphatic carbocycles. The second-order valence-electron chi connectivity index (χ2n) is 7.94. The van der Waals surface area contributed by atoms with Crippen LogP contribution in [0.2, 0.25) is 0 Å². The SMILES string of the molecule is Cc1ccc(CNC(=O)CCn2nnc3cc(S(=O)(=O)N4CCCCC4)ccc32)cc1. The summed E-state index contributed by atoms with van der Waals surface area (Å²) in [7, 11) is -3.51. The number of nitrogens with one attached hydrogen (secondary N) is 1. The number of benzene rings is 2. The van der Waals surface area contributed by atoms with Crippen molar-refractivity contribution in [2.24, 2.45) is 0 Å². The van der Waals surface area contributed by atoms with Gasteiger partial charge in [-0.25, -0.2) is 13.1 Å². The Kier molecular flexibility index (Phi) is 6.33. The van der Waals surface area contributed by atoms with Crippen molar-refractivity contribution in [3.63, 3.8) is 0 Å². The van der Waals surface area contributed by atoms with Gasteiger partial charge in [0.05, 0.1) is 17.0 Å². The summed E-state index contributed by atoms with van der Waals surface area (Å²) in [5.74, 6) is -0.0754. The molecule has 0 atom stereocenters. The van der Waals surface area contributed by atoms with E-state index in [1.807, 2.05) is 31.2 Å². The van der Waals surface area contributed by atoms with E-state index in [0.29, 0.717) is 37.2 Å². The van der Waals surface area contributed by atoms with Crippen molar-refractivity contribution in [2.45, 2.75) is 50.6 Å². The average molecular weight is 442 g/mol. The minimum atomic E-state index is -3.51. The highest BCUT2D eigenvalue weighted by Gasteiger charge is 2.26. The molecule has 4 rings (SSSR count). The highest BCUT2D eigenvalue weighted by Crippen LogP contribution is 2.23. The summed E-state index contributed by atoms with van der Waals surface area (Å²) in [5, 5.41) is 11.1. The standard InChI is InChI=1S/C22H27N5O3S/c1-17-5-7-18(8-6-17)16-23-22(28)11-14-27-21-10-9-19(15-20(21)24-25-27)31(29,30)26-12-3-2-4-13-26/h5-10,15H,2-4,11-14,16H2,1H3,(H,23,28). The summed E-state index contributed by atoms with van der Waals surface area (Å²) in [5.41, 5.74) is 3.45. The number of sulfonamides is 1. The Labute approximate surface area is 182 Å². The number of rotatable bonds is 7. The van der Waals surface area contributed by atoms with Crippen LogP contribution in [0.25, 0.3) is 11.0 Å². The van der Waals surface area contributed by atoms with Crippen molar-refractivity contribution in [1.29, 1.82) is 0 Å². The smallest absolute Gasteiger partial charge is 0.243 e. The summed E-state index contributed by atoms with van der Waals surface area (Å²) >= 11 is 0. The fourth-order valence-electron chi connectivity index (χ4n) is 3.73. The molecule has 8 nitrogen and oxygen atoms in total. The molecule has 1 fully saturated rings. The molecule has 0 radical (unpaired) electrons. The minimum Gasteiger partial charge on any atom is -0.352 e. The van der Waals surface area contributed by atoms with Crippen LogP contribution >= 0.6 is 0 Å². The normalized spacial score (nSPS) is 15.3. The van der Waals surface area contributed by atoms with Gasteiger partial charge in [-0.2, -0.15) is 4.31 Å². The van der Waals surface area contributed by atoms with Gasteiger partial charge in [0, 0.05) is 26.1 Å². The minimum absolute atomic E-state index is 0.0754. The van der Waals surface area contributed by atoms with E-state index in [9.17, 15) is 13.2 Å². The van der Waals surface area contributed by atoms with Crippen LogP contribution in [0.4, 0.5) is 0 Å². The van der Waals surface area contributed by atoms with Crippen molar-refractivity contribution in [3.8, 4) is 0 Å². The lowest BCUT2D eigenvalue weighted by atomic mass is 10.1. The van der Waals surface area contributed by atoms with Crippen LogP contribution in [-0.4, -0.2) is 46.7 Å². The Morgan fingerprint density at radius 2 is 1.81 bits per heavy atom. The van der Waals surface area contributed by atoms with Crippen molar-refractivity contribution in [2.75, 3.05) is 13.1 Å². The van der Waals surface area contributed by atoms with E-state index in [2.05, 4.69) is 15.6 Å². The number of amides is 1. The number of carbonyl (C=O) groups is 1. The van der Waals surface area contributed by atoms with Crippen LogP contribution in [0, 0.1) is 6.92 Å². The molecule has 164 valence electrons. The second-order valence-corrected chi connectivity index (χ2v) is 9.88. The van der Waals surface area contributed by atoms with Crippen LogP contribution in [0.5, 0.6) is 0 Å². The third-order valence-electron chi connectivity index (χ3n) is 5.60. The van der Waals surface area contributed by atoms with Crippen molar-refractivity contribution >= 4 is 27.0 Å². The maximum atomic E-state index is 12.9. The third-order valence-corrected chi connectivity index (χ3v) is 7.49. The quantitative estimate of drug-likeness (QED) is 0.608. The summed E-state index contributed by atoms with van der Waals surface area (Å²) in [6.45, 7) is 4.00. The van der Waals surface area contributed by atoms with Crippen molar-refractivity contribution < 1.29 is 13.2 Å². The molecule has 2 aromatic carbocycles. The number of hydrogen-bond donors (Lipinski definition) is 1. The zero-order valence-corrected chi connectivity index (χ0v) is 18.4. The number of piperidine rings is 1. The maximum absolute atomic E-state index is 12.9. The molecule has 1 amide bonds. The monoisotopic (exact) mass is 441 g/mol. The molecule has 0 unspecified atom stereocenters. The number of carbonyl (C=O) groups excluding carboxylic acids is 1. The van der Waals surface area contributed by atoms with Gasteiger partial charge in [0.15, 0.2) is 0 Å². The molecule has 3 aromatic rings. The van der Waals surface area contributed by atoms with Crippen LogP contribution in [0.15, 0.2) is 47.4 Å². The Hall–Kier alpha value is -2.78. The lowest BCUT2D eigenvalue weighted by molar-refractivity contribution is -0.121. The predicted octanol–water partition coefficient (Wildman–Crippen LogP) is 2.62. The number of aromatic nitrogens is 3. The molecule has 9 heteroatoms. The predicted molar refractivity (Wildman–Crippen MR) is 118 cm³/mol. The third kappa shape index (κ3) is 4.94. The van der Waals surface area contributed by atoms with Crippen LogP contribution < -0.4 is 5.32 Å². The van der Waals surface area contributed by atoms with Crippen LogP contribution in [-0.2, 0) is 27.9 Å². The molecular weight excluding hydrogens is 414 g/mol. The fraction of sp³-hybridized carbons (Fsp3) is 0.409. The first-order valence-corrected chi connectivity index (χ1v) is 12.0. The van der Waals surface area contributed by atoms with Crippen LogP contribution in [0.1, 0.15) is 36.8 Å². The van der Waals surface area contributed by atoms with Gasteiger partial charge in [0.1, 0.15) is 5.52 Å². The molecule has 0 saturated carbocycles. The molecule has 31 heavy (non-hydrogen) atoms. The highest BCUT2D eigenvalue weighted by molar-refractivity contribution is 7.89. The molecule has 1 aliphatic heterocycles. The molecule has 1 aromatic heterocycles. The number of hydrogen-bond acceptors (Lipinski definition) is 5. The number of fused-ring (bicyclic) bond motifs is 1. The van der Waals surface area contributed by atoms with Crippen molar-refractivity contribution in [1.82, 2.24) is 24.6 Å². The number of aryl methyl sites for hydroxylation is 2. The molecule has 1 N–H and O–H groups in total. The average Bonchev–Trinajstić information content (AvgIpc) is 3.20. The van der Waals surface area contributed by atoms with E-state index in [1.165, 1.54) is 5.56 Å². The maximum Gasteiger partial charge on any atom is 0.243 e. The van der Waals surface area contributed by atoms with E-state index < -0.39 is 10.0 Å². The Balaban J connectivity index is 1.39. The van der Waals surface area contributed by atoms with Gasteiger partial charge >= 0.3 is 0 Å². The van der Waals surface area contributed by atoms with Gasteiger partial charge in [-0.1, -0.05) is 41.5 Å². The summed E-state index contributed by atoms with van der Waals surface area (Å²) in [6.07, 6.45) is 3.11. The van der Waals surface area contributed by atoms with Gasteiger partial charge in [-0.3, -0.25) is 4.79 Å². The highest BCUT2D eigenvalue weighted by atomic mass is 32.2. The first kappa shape index (κ1) is 21.5. The van der Waals surface area contributed by atoms with Gasteiger partial charge in [0.25, 0.3) is 0 Å². The van der Waals surface area contributed by atoms with E-state index in [4.69, 9.17) is 0 Å². The zero-order chi connectivity index (χ0) is 21.8. The molecule has 1 saturated heterocycles. The van der Waals surface area contributed by atoms with Gasteiger partial charge in [-0.15, -0.1) is 5.10 Å². The molecule has 1 aliphatic rings. The zero-order valence-electron chi connectivity index (χ0n) is 17.6. The topological polar surface area (TPSA) is 97.2 Å². The second kappa shape index (κ2) is 9.15.